The zero-order valence-electron chi connectivity index (χ0n) is 32.0. The third-order valence-corrected chi connectivity index (χ3v) is 11.8. The van der Waals surface area contributed by atoms with Crippen molar-refractivity contribution in [2.45, 2.75) is 0 Å². The molecule has 276 valence electrons. The third kappa shape index (κ3) is 5.44. The fourth-order valence-electron chi connectivity index (χ4n) is 9.07. The van der Waals surface area contributed by atoms with Crippen LogP contribution in [-0.4, -0.2) is 0 Å². The predicted molar refractivity (Wildman–Crippen MR) is 247 cm³/mol. The molecule has 0 saturated heterocycles. The van der Waals surface area contributed by atoms with E-state index in [1.165, 1.54) is 27.1 Å². The molecule has 12 rings (SSSR count). The van der Waals surface area contributed by atoms with Gasteiger partial charge in [-0.2, -0.15) is 0 Å². The maximum absolute atomic E-state index is 6.62. The Morgan fingerprint density at radius 2 is 0.881 bits per heavy atom. The largest absolute Gasteiger partial charge is 0.455 e. The molecule has 0 aliphatic rings. The van der Waals surface area contributed by atoms with Crippen LogP contribution in [0.15, 0.2) is 221 Å². The molecule has 0 atom stereocenters. The summed E-state index contributed by atoms with van der Waals surface area (Å²) < 4.78 is 13.2. The summed E-state index contributed by atoms with van der Waals surface area (Å²) in [7, 11) is 0. The van der Waals surface area contributed by atoms with Crippen LogP contribution < -0.4 is 4.90 Å². The van der Waals surface area contributed by atoms with Gasteiger partial charge >= 0.3 is 0 Å². The first-order valence-corrected chi connectivity index (χ1v) is 20.1. The molecule has 3 heteroatoms. The number of anilines is 3. The van der Waals surface area contributed by atoms with Crippen molar-refractivity contribution < 1.29 is 8.83 Å². The smallest absolute Gasteiger partial charge is 0.143 e. The van der Waals surface area contributed by atoms with Crippen LogP contribution in [0.1, 0.15) is 0 Å². The van der Waals surface area contributed by atoms with Gasteiger partial charge in [-0.25, -0.2) is 0 Å². The van der Waals surface area contributed by atoms with Crippen LogP contribution in [-0.2, 0) is 0 Å². The number of benzene rings is 10. The zero-order valence-corrected chi connectivity index (χ0v) is 32.0. The molecule has 0 bridgehead atoms. The molecule has 0 saturated carbocycles. The predicted octanol–water partition coefficient (Wildman–Crippen LogP) is 16.3. The molecule has 2 aromatic heterocycles. The quantitative estimate of drug-likeness (QED) is 0.169. The van der Waals surface area contributed by atoms with E-state index in [1.807, 2.05) is 6.07 Å². The molecule has 3 nitrogen and oxygen atoms in total. The van der Waals surface area contributed by atoms with E-state index in [-0.39, 0.29) is 0 Å². The highest BCUT2D eigenvalue weighted by molar-refractivity contribution is 6.23. The van der Waals surface area contributed by atoms with E-state index in [0.717, 1.165) is 88.8 Å². The van der Waals surface area contributed by atoms with Crippen LogP contribution in [0.2, 0.25) is 0 Å². The average molecular weight is 754 g/mol. The van der Waals surface area contributed by atoms with E-state index in [0.29, 0.717) is 0 Å². The van der Waals surface area contributed by atoms with Crippen molar-refractivity contribution >= 4 is 82.5 Å². The summed E-state index contributed by atoms with van der Waals surface area (Å²) in [6, 6.07) is 75.6. The number of rotatable bonds is 6. The summed E-state index contributed by atoms with van der Waals surface area (Å²) in [5.74, 6) is 0. The minimum Gasteiger partial charge on any atom is -0.455 e. The fraction of sp³-hybridized carbons (Fsp3) is 0. The summed E-state index contributed by atoms with van der Waals surface area (Å²) in [6.45, 7) is 0. The van der Waals surface area contributed by atoms with Gasteiger partial charge < -0.3 is 13.7 Å². The molecule has 0 radical (unpaired) electrons. The van der Waals surface area contributed by atoms with Crippen LogP contribution in [0.25, 0.3) is 98.8 Å². The van der Waals surface area contributed by atoms with Crippen molar-refractivity contribution in [1.82, 2.24) is 0 Å². The van der Waals surface area contributed by atoms with Crippen LogP contribution in [0.3, 0.4) is 0 Å². The molecule has 0 aliphatic carbocycles. The molecule has 0 amide bonds. The van der Waals surface area contributed by atoms with E-state index in [2.05, 4.69) is 211 Å². The monoisotopic (exact) mass is 753 g/mol. The Hall–Kier alpha value is -7.88. The summed E-state index contributed by atoms with van der Waals surface area (Å²) in [5, 5.41) is 9.39. The molecule has 0 spiro atoms. The normalized spacial score (nSPS) is 11.7. The van der Waals surface area contributed by atoms with E-state index >= 15 is 0 Å². The van der Waals surface area contributed by atoms with Crippen molar-refractivity contribution in [1.29, 1.82) is 0 Å². The van der Waals surface area contributed by atoms with Gasteiger partial charge in [-0.05, 0) is 98.4 Å². The molecule has 12 aromatic rings. The van der Waals surface area contributed by atoms with Gasteiger partial charge in [0, 0.05) is 49.7 Å². The van der Waals surface area contributed by atoms with Gasteiger partial charge in [-0.1, -0.05) is 158 Å². The highest BCUT2D eigenvalue weighted by Gasteiger charge is 2.19. The molecule has 0 unspecified atom stereocenters. The van der Waals surface area contributed by atoms with Crippen LogP contribution in [0, 0.1) is 0 Å². The van der Waals surface area contributed by atoms with Gasteiger partial charge in [-0.15, -0.1) is 0 Å². The first kappa shape index (κ1) is 33.3. The van der Waals surface area contributed by atoms with Crippen LogP contribution in [0.4, 0.5) is 17.1 Å². The van der Waals surface area contributed by atoms with Gasteiger partial charge in [0.1, 0.15) is 22.3 Å². The van der Waals surface area contributed by atoms with Crippen molar-refractivity contribution in [3.63, 3.8) is 0 Å². The molecule has 0 N–H and O–H groups in total. The summed E-state index contributed by atoms with van der Waals surface area (Å²) in [6.07, 6.45) is 0. The number of hydrogen-bond donors (Lipinski definition) is 0. The van der Waals surface area contributed by atoms with Gasteiger partial charge in [0.15, 0.2) is 0 Å². The Morgan fingerprint density at radius 3 is 1.66 bits per heavy atom. The maximum atomic E-state index is 6.62. The van der Waals surface area contributed by atoms with Gasteiger partial charge in [-0.3, -0.25) is 0 Å². The lowest BCUT2D eigenvalue weighted by atomic mass is 9.96. The van der Waals surface area contributed by atoms with Crippen LogP contribution >= 0.6 is 0 Å². The highest BCUT2D eigenvalue weighted by Crippen LogP contribution is 2.44. The number of hydrogen-bond acceptors (Lipinski definition) is 3. The highest BCUT2D eigenvalue weighted by atomic mass is 16.3. The van der Waals surface area contributed by atoms with E-state index in [4.69, 9.17) is 8.83 Å². The lowest BCUT2D eigenvalue weighted by molar-refractivity contribution is 0.670. The second-order valence-electron chi connectivity index (χ2n) is 15.2. The van der Waals surface area contributed by atoms with E-state index in [9.17, 15) is 0 Å². The SMILES string of the molecule is c1ccc(-c2cccc(N(c3ccc(-c4cccc5c4oc4ccc6ccccc6c45)cc3)c3ccc(-c4cc5ccccc5c5c4oc4ccccc45)cc3)c2)cc1. The second-order valence-corrected chi connectivity index (χ2v) is 15.2. The van der Waals surface area contributed by atoms with Crippen molar-refractivity contribution in [2.75, 3.05) is 4.90 Å². The molecular weight excluding hydrogens is 719 g/mol. The number of nitrogens with zero attached hydrogens (tertiary/aromatic N) is 1. The molecule has 0 fully saturated rings. The Morgan fingerprint density at radius 1 is 0.288 bits per heavy atom. The average Bonchev–Trinajstić information content (AvgIpc) is 3.90. The fourth-order valence-corrected chi connectivity index (χ4v) is 9.07. The Kier molecular flexibility index (Phi) is 7.54. The summed E-state index contributed by atoms with van der Waals surface area (Å²) in [4.78, 5) is 2.34. The number of furan rings is 2. The topological polar surface area (TPSA) is 29.5 Å². The molecule has 2 heterocycles. The first-order valence-electron chi connectivity index (χ1n) is 20.1. The lowest BCUT2D eigenvalue weighted by Gasteiger charge is -2.26. The summed E-state index contributed by atoms with van der Waals surface area (Å²) >= 11 is 0. The maximum Gasteiger partial charge on any atom is 0.143 e. The Labute approximate surface area is 340 Å². The van der Waals surface area contributed by atoms with Crippen molar-refractivity contribution in [2.24, 2.45) is 0 Å². The lowest BCUT2D eigenvalue weighted by Crippen LogP contribution is -2.10. The Bertz CT molecular complexity index is 3540. The molecule has 10 aromatic carbocycles. The first-order chi connectivity index (χ1) is 29.2. The van der Waals surface area contributed by atoms with E-state index < -0.39 is 0 Å². The molecular formula is C56H35NO2. The standard InChI is InChI=1S/C56H35NO2/c1-2-12-36(13-3-1)40-16-10-17-44(34-40)57(42-29-24-38(25-30-42)47-21-11-22-49-53-45-18-6-4-14-37(45)28-33-52(53)59-55(47)49)43-31-26-39(27-32-43)50-35-41-15-5-7-19-46(41)54-48-20-8-9-23-51(48)58-56(50)54/h1-35H. The molecule has 0 aliphatic heterocycles. The van der Waals surface area contributed by atoms with Crippen molar-refractivity contribution in [3.05, 3.63) is 212 Å². The zero-order chi connectivity index (χ0) is 38.9. The van der Waals surface area contributed by atoms with E-state index in [1.54, 1.807) is 0 Å². The second kappa shape index (κ2) is 13.4. The van der Waals surface area contributed by atoms with Crippen LogP contribution in [0.5, 0.6) is 0 Å². The third-order valence-electron chi connectivity index (χ3n) is 11.8. The minimum atomic E-state index is 0.898. The summed E-state index contributed by atoms with van der Waals surface area (Å²) in [5.41, 5.74) is 13.5. The Balaban J connectivity index is 0.983. The van der Waals surface area contributed by atoms with Gasteiger partial charge in [0.2, 0.25) is 0 Å². The van der Waals surface area contributed by atoms with Crippen molar-refractivity contribution in [3.8, 4) is 33.4 Å². The number of fused-ring (bicyclic) bond motifs is 10. The number of para-hydroxylation sites is 2. The van der Waals surface area contributed by atoms with Gasteiger partial charge in [0.05, 0.1) is 0 Å². The minimum absolute atomic E-state index is 0.898. The molecule has 59 heavy (non-hydrogen) atoms. The van der Waals surface area contributed by atoms with Gasteiger partial charge in [0.25, 0.3) is 0 Å².